The topological polar surface area (TPSA) is 83.4 Å². The quantitative estimate of drug-likeness (QED) is 0.860. The van der Waals surface area contributed by atoms with Crippen molar-refractivity contribution in [2.24, 2.45) is 5.73 Å². The van der Waals surface area contributed by atoms with E-state index in [0.717, 1.165) is 22.6 Å². The Morgan fingerprint density at radius 2 is 2.11 bits per heavy atom. The van der Waals surface area contributed by atoms with Gasteiger partial charge in [-0.1, -0.05) is 5.16 Å². The molecule has 0 bridgehead atoms. The highest BCUT2D eigenvalue weighted by Crippen LogP contribution is 2.38. The molecule has 2 N–H and O–H groups in total. The van der Waals surface area contributed by atoms with Gasteiger partial charge in [0.1, 0.15) is 13.2 Å². The van der Waals surface area contributed by atoms with Gasteiger partial charge in [0.15, 0.2) is 11.5 Å². The number of rotatable bonds is 2. The molecule has 0 atom stereocenters. The minimum atomic E-state index is 0.233. The Labute approximate surface area is 104 Å². The van der Waals surface area contributed by atoms with Crippen molar-refractivity contribution in [1.82, 2.24) is 10.1 Å². The molecule has 2 heterocycles. The van der Waals surface area contributed by atoms with Crippen LogP contribution in [-0.4, -0.2) is 23.4 Å². The van der Waals surface area contributed by atoms with Gasteiger partial charge in [-0.25, -0.2) is 0 Å². The van der Waals surface area contributed by atoms with Crippen molar-refractivity contribution in [3.05, 3.63) is 23.6 Å². The molecule has 0 aliphatic carbocycles. The Kier molecular flexibility index (Phi) is 2.64. The van der Waals surface area contributed by atoms with Crippen LogP contribution in [0.3, 0.4) is 0 Å². The summed E-state index contributed by atoms with van der Waals surface area (Å²) in [6, 6.07) is 3.75. The number of benzene rings is 1. The third-order valence-electron chi connectivity index (χ3n) is 2.84. The van der Waals surface area contributed by atoms with E-state index in [2.05, 4.69) is 10.1 Å². The molecule has 1 aromatic heterocycles. The largest absolute Gasteiger partial charge is 0.486 e. The third-order valence-corrected chi connectivity index (χ3v) is 2.84. The average molecular weight is 247 g/mol. The van der Waals surface area contributed by atoms with Crippen molar-refractivity contribution in [2.75, 3.05) is 13.2 Å². The Morgan fingerprint density at radius 1 is 1.28 bits per heavy atom. The lowest BCUT2D eigenvalue weighted by Crippen LogP contribution is -2.16. The van der Waals surface area contributed by atoms with E-state index in [4.69, 9.17) is 19.7 Å². The summed E-state index contributed by atoms with van der Waals surface area (Å²) >= 11 is 0. The van der Waals surface area contributed by atoms with E-state index >= 15 is 0 Å². The Morgan fingerprint density at radius 3 is 2.89 bits per heavy atom. The van der Waals surface area contributed by atoms with Crippen LogP contribution in [0.1, 0.15) is 11.5 Å². The third kappa shape index (κ3) is 1.70. The lowest BCUT2D eigenvalue weighted by molar-refractivity contribution is 0.170. The van der Waals surface area contributed by atoms with E-state index in [0.29, 0.717) is 24.9 Å². The van der Waals surface area contributed by atoms with Crippen LogP contribution in [0, 0.1) is 6.92 Å². The minimum absolute atomic E-state index is 0.233. The zero-order valence-corrected chi connectivity index (χ0v) is 9.97. The number of ether oxygens (including phenoxy) is 2. The Bertz CT molecular complexity index is 580. The maximum Gasteiger partial charge on any atom is 0.240 e. The standard InChI is InChI=1S/C12H13N3O3/c1-7-8(12-14-10(6-13)18-15-12)2-3-9-11(7)17-5-4-16-9/h2-3H,4-6,13H2,1H3. The zero-order valence-electron chi connectivity index (χ0n) is 9.97. The summed E-state index contributed by atoms with van der Waals surface area (Å²) in [6.45, 7) is 3.31. The number of nitrogens with zero attached hydrogens (tertiary/aromatic N) is 2. The molecule has 0 fully saturated rings. The van der Waals surface area contributed by atoms with Crippen molar-refractivity contribution in [3.63, 3.8) is 0 Å². The van der Waals surface area contributed by atoms with Crippen LogP contribution < -0.4 is 15.2 Å². The highest BCUT2D eigenvalue weighted by molar-refractivity contribution is 5.67. The lowest BCUT2D eigenvalue weighted by Gasteiger charge is -2.20. The fraction of sp³-hybridized carbons (Fsp3) is 0.333. The van der Waals surface area contributed by atoms with Gasteiger partial charge in [-0.15, -0.1) is 0 Å². The van der Waals surface area contributed by atoms with Gasteiger partial charge in [-0.2, -0.15) is 4.98 Å². The molecule has 0 saturated heterocycles. The predicted molar refractivity (Wildman–Crippen MR) is 63.4 cm³/mol. The molecule has 1 aromatic carbocycles. The fourth-order valence-electron chi connectivity index (χ4n) is 1.94. The second-order valence-electron chi connectivity index (χ2n) is 3.98. The molecular formula is C12H13N3O3. The summed E-state index contributed by atoms with van der Waals surface area (Å²) in [5.74, 6) is 2.44. The van der Waals surface area contributed by atoms with Crippen molar-refractivity contribution in [3.8, 4) is 22.9 Å². The number of aromatic nitrogens is 2. The molecule has 6 nitrogen and oxygen atoms in total. The van der Waals surface area contributed by atoms with Crippen molar-refractivity contribution in [1.29, 1.82) is 0 Å². The van der Waals surface area contributed by atoms with Crippen LogP contribution in [0.15, 0.2) is 16.7 Å². The number of nitrogens with two attached hydrogens (primary N) is 1. The molecule has 94 valence electrons. The van der Waals surface area contributed by atoms with Crippen LogP contribution in [0.4, 0.5) is 0 Å². The van der Waals surface area contributed by atoms with Crippen molar-refractivity contribution < 1.29 is 14.0 Å². The normalized spacial score (nSPS) is 13.7. The summed E-state index contributed by atoms with van der Waals surface area (Å²) < 4.78 is 16.1. The smallest absolute Gasteiger partial charge is 0.240 e. The molecule has 6 heteroatoms. The second kappa shape index (κ2) is 4.30. The van der Waals surface area contributed by atoms with Crippen molar-refractivity contribution >= 4 is 0 Å². The Balaban J connectivity index is 2.07. The molecule has 1 aliphatic heterocycles. The fourth-order valence-corrected chi connectivity index (χ4v) is 1.94. The maximum absolute atomic E-state index is 5.61. The molecule has 3 rings (SSSR count). The summed E-state index contributed by atoms with van der Waals surface area (Å²) in [5, 5.41) is 3.90. The maximum atomic E-state index is 5.61. The molecule has 2 aromatic rings. The molecule has 0 amide bonds. The van der Waals surface area contributed by atoms with Crippen LogP contribution in [0.2, 0.25) is 0 Å². The molecule has 0 unspecified atom stereocenters. The number of hydrogen-bond donors (Lipinski definition) is 1. The van der Waals surface area contributed by atoms with Gasteiger partial charge in [0.2, 0.25) is 11.7 Å². The molecule has 0 spiro atoms. The predicted octanol–water partition coefficient (Wildman–Crippen LogP) is 1.27. The van der Waals surface area contributed by atoms with E-state index in [1.807, 2.05) is 19.1 Å². The zero-order chi connectivity index (χ0) is 12.5. The van der Waals surface area contributed by atoms with E-state index in [-0.39, 0.29) is 6.54 Å². The van der Waals surface area contributed by atoms with Gasteiger partial charge in [0.25, 0.3) is 0 Å². The number of hydrogen-bond acceptors (Lipinski definition) is 6. The highest BCUT2D eigenvalue weighted by Gasteiger charge is 2.19. The monoisotopic (exact) mass is 247 g/mol. The molecule has 18 heavy (non-hydrogen) atoms. The summed E-state index contributed by atoms with van der Waals surface area (Å²) in [4.78, 5) is 4.21. The lowest BCUT2D eigenvalue weighted by atomic mass is 10.1. The first-order valence-electron chi connectivity index (χ1n) is 5.72. The molecule has 1 aliphatic rings. The van der Waals surface area contributed by atoms with Gasteiger partial charge in [0, 0.05) is 11.1 Å². The molecule has 0 radical (unpaired) electrons. The van der Waals surface area contributed by atoms with E-state index < -0.39 is 0 Å². The van der Waals surface area contributed by atoms with Crippen LogP contribution >= 0.6 is 0 Å². The van der Waals surface area contributed by atoms with E-state index in [1.165, 1.54) is 0 Å². The molecular weight excluding hydrogens is 234 g/mol. The van der Waals surface area contributed by atoms with Gasteiger partial charge >= 0.3 is 0 Å². The highest BCUT2D eigenvalue weighted by atomic mass is 16.6. The van der Waals surface area contributed by atoms with Gasteiger partial charge < -0.3 is 19.7 Å². The van der Waals surface area contributed by atoms with E-state index in [1.54, 1.807) is 0 Å². The van der Waals surface area contributed by atoms with Crippen LogP contribution in [0.5, 0.6) is 11.5 Å². The summed E-state index contributed by atoms with van der Waals surface area (Å²) in [7, 11) is 0. The first kappa shape index (κ1) is 11.0. The first-order chi connectivity index (χ1) is 8.79. The van der Waals surface area contributed by atoms with Gasteiger partial charge in [-0.05, 0) is 19.1 Å². The molecule has 0 saturated carbocycles. The SMILES string of the molecule is Cc1c(-c2noc(CN)n2)ccc2c1OCCO2. The van der Waals surface area contributed by atoms with E-state index in [9.17, 15) is 0 Å². The van der Waals surface area contributed by atoms with Crippen LogP contribution in [0.25, 0.3) is 11.4 Å². The minimum Gasteiger partial charge on any atom is -0.486 e. The summed E-state index contributed by atoms with van der Waals surface area (Å²) in [6.07, 6.45) is 0. The van der Waals surface area contributed by atoms with Crippen molar-refractivity contribution in [2.45, 2.75) is 13.5 Å². The average Bonchev–Trinajstić information content (AvgIpc) is 2.88. The Hall–Kier alpha value is -2.08. The summed E-state index contributed by atoms with van der Waals surface area (Å²) in [5.41, 5.74) is 7.25. The number of fused-ring (bicyclic) bond motifs is 1. The van der Waals surface area contributed by atoms with Gasteiger partial charge in [0.05, 0.1) is 6.54 Å². The van der Waals surface area contributed by atoms with Crippen LogP contribution in [-0.2, 0) is 6.54 Å². The van der Waals surface area contributed by atoms with Gasteiger partial charge in [-0.3, -0.25) is 0 Å². The second-order valence-corrected chi connectivity index (χ2v) is 3.98. The first-order valence-corrected chi connectivity index (χ1v) is 5.72.